The summed E-state index contributed by atoms with van der Waals surface area (Å²) in [4.78, 5) is 4.05. The zero-order valence-corrected chi connectivity index (χ0v) is 16.5. The minimum atomic E-state index is -0.965. The van der Waals surface area contributed by atoms with E-state index < -0.39 is 11.4 Å². The van der Waals surface area contributed by atoms with Crippen molar-refractivity contribution in [1.29, 1.82) is 5.26 Å². The van der Waals surface area contributed by atoms with Crippen LogP contribution in [0.25, 0.3) is 0 Å². The number of rotatable bonds is 4. The highest BCUT2D eigenvalue weighted by Gasteiger charge is 2.52. The number of halogens is 2. The van der Waals surface area contributed by atoms with Gasteiger partial charge in [0.15, 0.2) is 23.0 Å². The lowest BCUT2D eigenvalue weighted by atomic mass is 9.53. The maximum absolute atomic E-state index is 14.2. The summed E-state index contributed by atoms with van der Waals surface area (Å²) in [5.74, 6) is 2.35. The van der Waals surface area contributed by atoms with Crippen LogP contribution < -0.4 is 10.1 Å². The molecule has 4 aliphatic carbocycles. The molecule has 0 unspecified atom stereocenters. The molecule has 0 aromatic heterocycles. The average Bonchev–Trinajstić information content (AvgIpc) is 2.55. The summed E-state index contributed by atoms with van der Waals surface area (Å²) < 4.78 is 20.2. The largest absolute Gasteiger partial charge is 0.477 e. The van der Waals surface area contributed by atoms with E-state index in [0.717, 1.165) is 37.0 Å². The number of nitrogens with zero attached hydrogens (tertiary/aromatic N) is 2. The van der Waals surface area contributed by atoms with E-state index in [1.54, 1.807) is 6.07 Å². The maximum Gasteiger partial charge on any atom is 0.207 e. The van der Waals surface area contributed by atoms with Crippen LogP contribution in [0.5, 0.6) is 5.75 Å². The molecule has 0 aliphatic heterocycles. The van der Waals surface area contributed by atoms with E-state index in [9.17, 15) is 9.65 Å². The zero-order valence-electron chi connectivity index (χ0n) is 15.8. The molecule has 4 fully saturated rings. The van der Waals surface area contributed by atoms with E-state index >= 15 is 0 Å². The van der Waals surface area contributed by atoms with Crippen LogP contribution in [0, 0.1) is 35.0 Å². The summed E-state index contributed by atoms with van der Waals surface area (Å²) in [5, 5.41) is 13.2. The topological polar surface area (TPSA) is 57.4 Å². The van der Waals surface area contributed by atoms with Crippen molar-refractivity contribution in [1.82, 2.24) is 5.32 Å². The van der Waals surface area contributed by atoms with E-state index in [0.29, 0.717) is 10.9 Å². The predicted octanol–water partition coefficient (Wildman–Crippen LogP) is 5.07. The Bertz CT molecular complexity index is 779. The van der Waals surface area contributed by atoms with Crippen molar-refractivity contribution in [2.75, 3.05) is 0 Å². The Morgan fingerprint density at radius 3 is 2.37 bits per heavy atom. The molecule has 6 heteroatoms. The average molecular weight is 390 g/mol. The van der Waals surface area contributed by atoms with Gasteiger partial charge in [-0.2, -0.15) is 10.3 Å². The van der Waals surface area contributed by atoms with Gasteiger partial charge in [0.1, 0.15) is 0 Å². The molecule has 0 amide bonds. The van der Waals surface area contributed by atoms with Crippen molar-refractivity contribution in [3.05, 3.63) is 29.0 Å². The molecule has 0 spiro atoms. The van der Waals surface area contributed by atoms with Crippen LogP contribution in [0.1, 0.15) is 52.4 Å². The highest BCUT2D eigenvalue weighted by atomic mass is 35.5. The van der Waals surface area contributed by atoms with E-state index in [-0.39, 0.29) is 11.3 Å². The number of aliphatic imine (C=N–C) groups is 1. The fourth-order valence-corrected chi connectivity index (χ4v) is 5.92. The third-order valence-electron chi connectivity index (χ3n) is 6.41. The number of ether oxygens (including phenoxy) is 1. The van der Waals surface area contributed by atoms with Crippen LogP contribution in [0.3, 0.4) is 0 Å². The quantitative estimate of drug-likeness (QED) is 0.444. The van der Waals surface area contributed by atoms with Gasteiger partial charge in [-0.05, 0) is 88.3 Å². The molecular formula is C21H25ClFN3O. The molecule has 4 saturated carbocycles. The molecule has 4 aliphatic rings. The minimum Gasteiger partial charge on any atom is -0.477 e. The second-order valence-corrected chi connectivity index (χ2v) is 9.51. The second-order valence-electron chi connectivity index (χ2n) is 9.07. The van der Waals surface area contributed by atoms with Crippen LogP contribution in [0.15, 0.2) is 23.2 Å². The summed E-state index contributed by atoms with van der Waals surface area (Å²) in [6.45, 7) is 3.62. The van der Waals surface area contributed by atoms with Crippen LogP contribution in [-0.4, -0.2) is 17.0 Å². The number of hydrogen-bond acceptors (Lipinski definition) is 3. The Morgan fingerprint density at radius 1 is 1.26 bits per heavy atom. The molecule has 0 atom stereocenters. The Kier molecular flexibility index (Phi) is 4.58. The van der Waals surface area contributed by atoms with E-state index in [1.165, 1.54) is 31.4 Å². The molecule has 1 aromatic rings. The first-order chi connectivity index (χ1) is 12.8. The van der Waals surface area contributed by atoms with Gasteiger partial charge in [0.05, 0.1) is 0 Å². The van der Waals surface area contributed by atoms with E-state index in [4.69, 9.17) is 16.3 Å². The summed E-state index contributed by atoms with van der Waals surface area (Å²) in [5.41, 5.74) is -0.975. The highest BCUT2D eigenvalue weighted by Crippen LogP contribution is 2.55. The molecule has 0 radical (unpaired) electrons. The van der Waals surface area contributed by atoms with Crippen molar-refractivity contribution in [3.8, 4) is 11.9 Å². The summed E-state index contributed by atoms with van der Waals surface area (Å²) in [6, 6.07) is 4.32. The van der Waals surface area contributed by atoms with Gasteiger partial charge in [-0.15, -0.1) is 0 Å². The van der Waals surface area contributed by atoms with Crippen molar-refractivity contribution < 1.29 is 9.13 Å². The lowest BCUT2D eigenvalue weighted by Crippen LogP contribution is -2.63. The van der Waals surface area contributed by atoms with Gasteiger partial charge in [0, 0.05) is 10.6 Å². The van der Waals surface area contributed by atoms with E-state index in [2.05, 4.69) is 10.3 Å². The highest BCUT2D eigenvalue weighted by molar-refractivity contribution is 6.30. The second kappa shape index (κ2) is 6.67. The third-order valence-corrected chi connectivity index (χ3v) is 6.65. The van der Waals surface area contributed by atoms with Crippen molar-refractivity contribution in [3.63, 3.8) is 0 Å². The number of hydrogen-bond donors (Lipinski definition) is 1. The minimum absolute atomic E-state index is 0.0103. The smallest absolute Gasteiger partial charge is 0.207 e. The lowest BCUT2D eigenvalue weighted by molar-refractivity contribution is -0.0122. The number of amidine groups is 1. The van der Waals surface area contributed by atoms with E-state index in [1.807, 2.05) is 20.0 Å². The number of nitriles is 1. The molecule has 1 N–H and O–H groups in total. The summed E-state index contributed by atoms with van der Waals surface area (Å²) in [6.07, 6.45) is 9.26. The lowest BCUT2D eigenvalue weighted by Gasteiger charge is -2.57. The molecule has 4 bridgehead atoms. The first-order valence-electron chi connectivity index (χ1n) is 9.68. The predicted molar refractivity (Wildman–Crippen MR) is 103 cm³/mol. The van der Waals surface area contributed by atoms with Gasteiger partial charge < -0.3 is 10.1 Å². The molecule has 0 saturated heterocycles. The Labute approximate surface area is 164 Å². The Morgan fingerprint density at radius 2 is 1.85 bits per heavy atom. The molecule has 5 rings (SSSR count). The Balaban J connectivity index is 1.57. The monoisotopic (exact) mass is 389 g/mol. The SMILES string of the molecule is CC(C)(Oc1ccc(Cl)cc1F)/C(=N\C#N)NC12CC3CC(CC(C3)C1)C2. The van der Waals surface area contributed by atoms with Crippen LogP contribution >= 0.6 is 11.6 Å². The van der Waals surface area contributed by atoms with Crippen molar-refractivity contribution >= 4 is 17.4 Å². The molecule has 144 valence electrons. The maximum atomic E-state index is 14.2. The van der Waals surface area contributed by atoms with Crippen LogP contribution in [0.4, 0.5) is 4.39 Å². The number of nitrogens with one attached hydrogen (secondary N) is 1. The molecule has 27 heavy (non-hydrogen) atoms. The molecule has 0 heterocycles. The van der Waals surface area contributed by atoms with Crippen LogP contribution in [0.2, 0.25) is 5.02 Å². The summed E-state index contributed by atoms with van der Waals surface area (Å²) >= 11 is 5.83. The first kappa shape index (κ1) is 18.6. The van der Waals surface area contributed by atoms with Crippen molar-refractivity contribution in [2.45, 2.75) is 63.5 Å². The normalized spacial score (nSPS) is 32.3. The van der Waals surface area contributed by atoms with Crippen molar-refractivity contribution in [2.24, 2.45) is 22.7 Å². The standard InChI is InChI=1S/C21H25ClFN3O/c1-20(2,27-18-4-3-16(22)8-17(18)23)19(25-12-24)26-21-9-13-5-14(10-21)7-15(6-13)11-21/h3-4,8,13-15H,5-7,9-11H2,1-2H3,(H,25,26). The molecule has 4 nitrogen and oxygen atoms in total. The fourth-order valence-electron chi connectivity index (χ4n) is 5.76. The number of benzene rings is 1. The zero-order chi connectivity index (χ0) is 19.2. The molecule has 1 aromatic carbocycles. The van der Waals surface area contributed by atoms with Crippen LogP contribution in [-0.2, 0) is 0 Å². The fraction of sp³-hybridized carbons (Fsp3) is 0.619. The molecular weight excluding hydrogens is 365 g/mol. The Hall–Kier alpha value is -1.80. The van der Waals surface area contributed by atoms with Gasteiger partial charge >= 0.3 is 0 Å². The summed E-state index contributed by atoms with van der Waals surface area (Å²) in [7, 11) is 0. The third kappa shape index (κ3) is 3.65. The van der Waals surface area contributed by atoms with Gasteiger partial charge in [-0.3, -0.25) is 0 Å². The van der Waals surface area contributed by atoms with Gasteiger partial charge in [-0.1, -0.05) is 11.6 Å². The van der Waals surface area contributed by atoms with Gasteiger partial charge in [0.25, 0.3) is 0 Å². The van der Waals surface area contributed by atoms with Gasteiger partial charge in [-0.25, -0.2) is 4.39 Å². The van der Waals surface area contributed by atoms with Gasteiger partial charge in [0.2, 0.25) is 6.19 Å². The first-order valence-corrected chi connectivity index (χ1v) is 10.1.